The fourth-order valence-corrected chi connectivity index (χ4v) is 3.78. The molecule has 1 aliphatic heterocycles. The maximum absolute atomic E-state index is 12.6. The monoisotopic (exact) mass is 466 g/mol. The third-order valence-corrected chi connectivity index (χ3v) is 6.15. The number of nitrogens with zero attached hydrogens (tertiary/aromatic N) is 2. The van der Waals surface area contributed by atoms with Gasteiger partial charge in [-0.15, -0.1) is 0 Å². The van der Waals surface area contributed by atoms with Crippen molar-refractivity contribution in [2.24, 2.45) is 0 Å². The van der Waals surface area contributed by atoms with E-state index in [0.29, 0.717) is 37.7 Å². The third kappa shape index (κ3) is 6.99. The van der Waals surface area contributed by atoms with E-state index >= 15 is 0 Å². The average molecular weight is 467 g/mol. The van der Waals surface area contributed by atoms with Crippen molar-refractivity contribution in [3.05, 3.63) is 59.7 Å². The molecule has 0 spiro atoms. The van der Waals surface area contributed by atoms with Gasteiger partial charge >= 0.3 is 0 Å². The smallest absolute Gasteiger partial charge is 0.260 e. The van der Waals surface area contributed by atoms with Gasteiger partial charge in [0, 0.05) is 26.2 Å². The van der Waals surface area contributed by atoms with Gasteiger partial charge in [-0.2, -0.15) is 0 Å². The zero-order valence-corrected chi connectivity index (χ0v) is 21.4. The van der Waals surface area contributed by atoms with Crippen molar-refractivity contribution in [3.63, 3.8) is 0 Å². The number of benzene rings is 2. The summed E-state index contributed by atoms with van der Waals surface area (Å²) < 4.78 is 11.4. The SMILES string of the molecule is CC(C)(C)c1ccc(OCC(=O)N2CCN(C(=O)COc3ccc(C(C)(C)C)cc3)CC2)cc1. The van der Waals surface area contributed by atoms with Crippen LogP contribution in [0.15, 0.2) is 48.5 Å². The number of hydrogen-bond acceptors (Lipinski definition) is 4. The molecule has 2 aromatic carbocycles. The standard InChI is InChI=1S/C28H38N2O4/c1-27(2,3)21-7-11-23(12-8-21)33-19-25(31)29-15-17-30(18-16-29)26(32)20-34-24-13-9-22(10-14-24)28(4,5)6/h7-14H,15-20H2,1-6H3. The van der Waals surface area contributed by atoms with Crippen LogP contribution in [0.1, 0.15) is 52.7 Å². The fraction of sp³-hybridized carbons (Fsp3) is 0.500. The van der Waals surface area contributed by atoms with E-state index in [9.17, 15) is 9.59 Å². The minimum atomic E-state index is -0.0674. The second-order valence-electron chi connectivity index (χ2n) is 10.9. The van der Waals surface area contributed by atoms with Crippen molar-refractivity contribution in [1.29, 1.82) is 0 Å². The predicted molar refractivity (Wildman–Crippen MR) is 134 cm³/mol. The van der Waals surface area contributed by atoms with Crippen LogP contribution in [0.25, 0.3) is 0 Å². The van der Waals surface area contributed by atoms with E-state index in [0.717, 1.165) is 0 Å². The first-order chi connectivity index (χ1) is 15.9. The van der Waals surface area contributed by atoms with E-state index in [2.05, 4.69) is 41.5 Å². The molecule has 1 aliphatic rings. The molecule has 2 aromatic rings. The Hall–Kier alpha value is -3.02. The summed E-state index contributed by atoms with van der Waals surface area (Å²) in [7, 11) is 0. The molecule has 1 fully saturated rings. The van der Waals surface area contributed by atoms with Crippen molar-refractivity contribution < 1.29 is 19.1 Å². The first kappa shape index (κ1) is 25.6. The van der Waals surface area contributed by atoms with Crippen LogP contribution in [0.5, 0.6) is 11.5 Å². The predicted octanol–water partition coefficient (Wildman–Crippen LogP) is 4.41. The molecule has 0 atom stereocenters. The highest BCUT2D eigenvalue weighted by molar-refractivity contribution is 5.80. The zero-order chi connectivity index (χ0) is 24.9. The van der Waals surface area contributed by atoms with Crippen molar-refractivity contribution in [2.45, 2.75) is 52.4 Å². The maximum Gasteiger partial charge on any atom is 0.260 e. The summed E-state index contributed by atoms with van der Waals surface area (Å²) >= 11 is 0. The Morgan fingerprint density at radius 1 is 0.618 bits per heavy atom. The summed E-state index contributed by atoms with van der Waals surface area (Å²) in [4.78, 5) is 28.6. The topological polar surface area (TPSA) is 59.1 Å². The molecule has 2 amide bonds. The quantitative estimate of drug-likeness (QED) is 0.633. The number of carbonyl (C=O) groups excluding carboxylic acids is 2. The summed E-state index contributed by atoms with van der Waals surface area (Å²) in [6.45, 7) is 14.9. The van der Waals surface area contributed by atoms with Gasteiger partial charge < -0.3 is 19.3 Å². The van der Waals surface area contributed by atoms with Crippen LogP contribution in [0.4, 0.5) is 0 Å². The van der Waals surface area contributed by atoms with Crippen molar-refractivity contribution >= 4 is 11.8 Å². The van der Waals surface area contributed by atoms with Gasteiger partial charge in [-0.1, -0.05) is 65.8 Å². The fourth-order valence-electron chi connectivity index (χ4n) is 3.78. The van der Waals surface area contributed by atoms with E-state index in [4.69, 9.17) is 9.47 Å². The minimum Gasteiger partial charge on any atom is -0.484 e. The first-order valence-electron chi connectivity index (χ1n) is 12.0. The maximum atomic E-state index is 12.6. The van der Waals surface area contributed by atoms with Crippen LogP contribution < -0.4 is 9.47 Å². The third-order valence-electron chi connectivity index (χ3n) is 6.15. The van der Waals surface area contributed by atoms with E-state index in [1.807, 2.05) is 48.5 Å². The average Bonchev–Trinajstić information content (AvgIpc) is 2.80. The lowest BCUT2D eigenvalue weighted by atomic mass is 9.87. The summed E-state index contributed by atoms with van der Waals surface area (Å²) in [6, 6.07) is 15.7. The Morgan fingerprint density at radius 3 is 1.18 bits per heavy atom. The summed E-state index contributed by atoms with van der Waals surface area (Å²) in [5, 5.41) is 0. The Morgan fingerprint density at radius 2 is 0.912 bits per heavy atom. The van der Waals surface area contributed by atoms with Gasteiger partial charge in [0.2, 0.25) is 0 Å². The molecular weight excluding hydrogens is 428 g/mol. The molecule has 0 saturated carbocycles. The second-order valence-corrected chi connectivity index (χ2v) is 10.9. The van der Waals surface area contributed by atoms with Crippen LogP contribution in [0, 0.1) is 0 Å². The molecule has 184 valence electrons. The molecule has 0 unspecified atom stereocenters. The molecule has 0 aromatic heterocycles. The molecule has 0 N–H and O–H groups in total. The lowest BCUT2D eigenvalue weighted by Crippen LogP contribution is -2.52. The van der Waals surface area contributed by atoms with Crippen molar-refractivity contribution in [3.8, 4) is 11.5 Å². The zero-order valence-electron chi connectivity index (χ0n) is 21.4. The van der Waals surface area contributed by atoms with Gasteiger partial charge in [-0.25, -0.2) is 0 Å². The normalized spacial score (nSPS) is 14.6. The molecule has 0 aliphatic carbocycles. The molecule has 6 heteroatoms. The molecule has 0 radical (unpaired) electrons. The molecule has 6 nitrogen and oxygen atoms in total. The number of carbonyl (C=O) groups is 2. The molecule has 0 bridgehead atoms. The van der Waals surface area contributed by atoms with Crippen LogP contribution in [0.2, 0.25) is 0 Å². The molecular formula is C28H38N2O4. The van der Waals surface area contributed by atoms with Crippen LogP contribution in [-0.2, 0) is 20.4 Å². The van der Waals surface area contributed by atoms with E-state index in [1.54, 1.807) is 9.80 Å². The van der Waals surface area contributed by atoms with E-state index in [1.165, 1.54) is 11.1 Å². The lowest BCUT2D eigenvalue weighted by Gasteiger charge is -2.34. The van der Waals surface area contributed by atoms with E-state index in [-0.39, 0.29) is 35.9 Å². The van der Waals surface area contributed by atoms with Gasteiger partial charge in [0.25, 0.3) is 11.8 Å². The minimum absolute atomic E-state index is 0.00349. The van der Waals surface area contributed by atoms with Gasteiger partial charge in [0.15, 0.2) is 13.2 Å². The number of hydrogen-bond donors (Lipinski definition) is 0. The summed E-state index contributed by atoms with van der Waals surface area (Å²) in [6.07, 6.45) is 0. The van der Waals surface area contributed by atoms with Crippen LogP contribution in [0.3, 0.4) is 0 Å². The van der Waals surface area contributed by atoms with E-state index < -0.39 is 0 Å². The van der Waals surface area contributed by atoms with Crippen LogP contribution in [-0.4, -0.2) is 61.0 Å². The molecule has 1 saturated heterocycles. The first-order valence-corrected chi connectivity index (χ1v) is 12.0. The summed E-state index contributed by atoms with van der Waals surface area (Å²) in [5.41, 5.74) is 2.59. The number of amides is 2. The Bertz CT molecular complexity index is 880. The highest BCUT2D eigenvalue weighted by atomic mass is 16.5. The van der Waals surface area contributed by atoms with Crippen molar-refractivity contribution in [2.75, 3.05) is 39.4 Å². The largest absolute Gasteiger partial charge is 0.484 e. The lowest BCUT2D eigenvalue weighted by molar-refractivity contribution is -0.141. The number of ether oxygens (including phenoxy) is 2. The van der Waals surface area contributed by atoms with Gasteiger partial charge in [0.1, 0.15) is 11.5 Å². The summed E-state index contributed by atoms with van der Waals surface area (Å²) in [5.74, 6) is 1.23. The Balaban J connectivity index is 1.40. The van der Waals surface area contributed by atoms with Gasteiger partial charge in [0.05, 0.1) is 0 Å². The van der Waals surface area contributed by atoms with Crippen molar-refractivity contribution in [1.82, 2.24) is 9.80 Å². The second kappa shape index (κ2) is 10.5. The molecule has 34 heavy (non-hydrogen) atoms. The highest BCUT2D eigenvalue weighted by Crippen LogP contribution is 2.25. The molecule has 1 heterocycles. The number of piperazine rings is 1. The van der Waals surface area contributed by atoms with Gasteiger partial charge in [-0.3, -0.25) is 9.59 Å². The van der Waals surface area contributed by atoms with Gasteiger partial charge in [-0.05, 0) is 46.2 Å². The number of rotatable bonds is 6. The molecule has 3 rings (SSSR count). The highest BCUT2D eigenvalue weighted by Gasteiger charge is 2.25. The van der Waals surface area contributed by atoms with Crippen LogP contribution >= 0.6 is 0 Å². The Labute approximate surface area is 203 Å². The Kier molecular flexibility index (Phi) is 7.90.